The van der Waals surface area contributed by atoms with Crippen LogP contribution in [0.1, 0.15) is 0 Å². The Hall–Kier alpha value is -0.820. The van der Waals surface area contributed by atoms with Crippen molar-refractivity contribution in [1.82, 2.24) is 0 Å². The maximum atomic E-state index is 9.52. The molecule has 2 aliphatic rings. The van der Waals surface area contributed by atoms with E-state index < -0.39 is 0 Å². The van der Waals surface area contributed by atoms with E-state index in [9.17, 15) is 5.11 Å². The fourth-order valence-electron chi connectivity index (χ4n) is 1.48. The Kier molecular flexibility index (Phi) is 1.24. The summed E-state index contributed by atoms with van der Waals surface area (Å²) in [4.78, 5) is 0. The van der Waals surface area contributed by atoms with Gasteiger partial charge in [0.25, 0.3) is 0 Å². The summed E-state index contributed by atoms with van der Waals surface area (Å²) in [6.07, 6.45) is 12.0. The highest BCUT2D eigenvalue weighted by atomic mass is 16.3. The van der Waals surface area contributed by atoms with Crippen LogP contribution < -0.4 is 0 Å². The van der Waals surface area contributed by atoms with Crippen LogP contribution in [0.4, 0.5) is 0 Å². The lowest BCUT2D eigenvalue weighted by atomic mass is 10.0. The highest BCUT2D eigenvalue weighted by Gasteiger charge is 2.26. The van der Waals surface area contributed by atoms with Crippen molar-refractivity contribution in [2.75, 3.05) is 0 Å². The lowest BCUT2D eigenvalue weighted by Crippen LogP contribution is -2.17. The molecule has 0 fully saturated rings. The van der Waals surface area contributed by atoms with E-state index in [1.807, 2.05) is 24.3 Å². The predicted molar refractivity (Wildman–Crippen MR) is 40.4 cm³/mol. The first-order valence-corrected chi connectivity index (χ1v) is 3.59. The second-order valence-corrected chi connectivity index (χ2v) is 2.80. The van der Waals surface area contributed by atoms with Crippen LogP contribution in [-0.2, 0) is 0 Å². The van der Waals surface area contributed by atoms with E-state index in [0.29, 0.717) is 0 Å². The lowest BCUT2D eigenvalue weighted by molar-refractivity contribution is 0.136. The Morgan fingerprint density at radius 2 is 1.30 bits per heavy atom. The molecule has 1 unspecified atom stereocenters. The monoisotopic (exact) mass is 134 g/mol. The van der Waals surface area contributed by atoms with E-state index in [2.05, 4.69) is 12.2 Å². The molecule has 1 nitrogen and oxygen atoms in total. The topological polar surface area (TPSA) is 20.2 Å². The number of allylic oxidation sites excluding steroid dienone is 2. The van der Waals surface area contributed by atoms with Gasteiger partial charge in [-0.1, -0.05) is 36.5 Å². The molecule has 2 aliphatic carbocycles. The third-order valence-corrected chi connectivity index (χ3v) is 2.12. The number of fused-ring (bicyclic) bond motifs is 2. The molecule has 0 saturated carbocycles. The zero-order valence-corrected chi connectivity index (χ0v) is 5.64. The Balaban J connectivity index is 2.35. The highest BCUT2D eigenvalue weighted by molar-refractivity contribution is 5.25. The molecule has 0 spiro atoms. The molecule has 0 amide bonds. The second kappa shape index (κ2) is 2.10. The minimum absolute atomic E-state index is 0.213. The summed E-state index contributed by atoms with van der Waals surface area (Å²) in [5.74, 6) is 0.500. The first-order valence-electron chi connectivity index (χ1n) is 3.59. The first kappa shape index (κ1) is 5.93. The summed E-state index contributed by atoms with van der Waals surface area (Å²) in [6.45, 7) is 0. The summed E-state index contributed by atoms with van der Waals surface area (Å²) in [5.41, 5.74) is 0. The number of aliphatic hydroxyl groups is 1. The quantitative estimate of drug-likeness (QED) is 0.495. The van der Waals surface area contributed by atoms with E-state index in [1.54, 1.807) is 0 Å². The molecule has 1 N–H and O–H groups in total. The molecule has 0 aliphatic heterocycles. The van der Waals surface area contributed by atoms with Gasteiger partial charge in [-0.05, 0) is 0 Å². The number of hydrogen-bond acceptors (Lipinski definition) is 1. The Morgan fingerprint density at radius 3 is 1.80 bits per heavy atom. The SMILES string of the molecule is OC1[C@@H]2C=CC=C[C@H]1C=C2. The molecule has 52 valence electrons. The Labute approximate surface area is 60.4 Å². The smallest absolute Gasteiger partial charge is 0.0734 e. The predicted octanol–water partition coefficient (Wildman–Crippen LogP) is 1.28. The third-order valence-electron chi connectivity index (χ3n) is 2.12. The molecule has 10 heavy (non-hydrogen) atoms. The van der Waals surface area contributed by atoms with Gasteiger partial charge in [0.1, 0.15) is 0 Å². The van der Waals surface area contributed by atoms with Gasteiger partial charge in [-0.3, -0.25) is 0 Å². The minimum Gasteiger partial charge on any atom is -0.391 e. The van der Waals surface area contributed by atoms with Gasteiger partial charge in [0.15, 0.2) is 0 Å². The van der Waals surface area contributed by atoms with Crippen LogP contribution in [0.2, 0.25) is 0 Å². The number of hydrogen-bond donors (Lipinski definition) is 1. The maximum absolute atomic E-state index is 9.52. The largest absolute Gasteiger partial charge is 0.391 e. The molecule has 2 rings (SSSR count). The summed E-state index contributed by atoms with van der Waals surface area (Å²) in [6, 6.07) is 0. The Bertz CT molecular complexity index is 191. The first-order chi connectivity index (χ1) is 4.88. The fraction of sp³-hybridized carbons (Fsp3) is 0.333. The van der Waals surface area contributed by atoms with Gasteiger partial charge in [0.2, 0.25) is 0 Å². The molecule has 0 aromatic carbocycles. The van der Waals surface area contributed by atoms with Gasteiger partial charge in [0.05, 0.1) is 6.10 Å². The summed E-state index contributed by atoms with van der Waals surface area (Å²) in [7, 11) is 0. The number of aliphatic hydroxyl groups excluding tert-OH is 1. The minimum atomic E-state index is -0.213. The zero-order valence-electron chi connectivity index (χ0n) is 5.64. The van der Waals surface area contributed by atoms with Gasteiger partial charge in [-0.25, -0.2) is 0 Å². The average molecular weight is 134 g/mol. The van der Waals surface area contributed by atoms with E-state index in [1.165, 1.54) is 0 Å². The molecule has 0 aromatic heterocycles. The molecule has 0 aromatic rings. The van der Waals surface area contributed by atoms with Gasteiger partial charge in [-0.2, -0.15) is 0 Å². The molecule has 2 bridgehead atoms. The van der Waals surface area contributed by atoms with Gasteiger partial charge >= 0.3 is 0 Å². The molecule has 0 heterocycles. The normalized spacial score (nSPS) is 42.3. The zero-order chi connectivity index (χ0) is 6.97. The van der Waals surface area contributed by atoms with Crippen molar-refractivity contribution >= 4 is 0 Å². The number of rotatable bonds is 0. The van der Waals surface area contributed by atoms with Gasteiger partial charge < -0.3 is 5.11 Å². The molecule has 3 atom stereocenters. The highest BCUT2D eigenvalue weighted by Crippen LogP contribution is 2.28. The van der Waals surface area contributed by atoms with E-state index in [-0.39, 0.29) is 17.9 Å². The molecular formula is C9H10O. The maximum Gasteiger partial charge on any atom is 0.0734 e. The second-order valence-electron chi connectivity index (χ2n) is 2.80. The van der Waals surface area contributed by atoms with Crippen LogP contribution in [-0.4, -0.2) is 11.2 Å². The van der Waals surface area contributed by atoms with Crippen molar-refractivity contribution < 1.29 is 5.11 Å². The molecule has 0 saturated heterocycles. The van der Waals surface area contributed by atoms with Crippen LogP contribution in [0.3, 0.4) is 0 Å². The van der Waals surface area contributed by atoms with Crippen molar-refractivity contribution in [3.05, 3.63) is 36.5 Å². The van der Waals surface area contributed by atoms with Crippen LogP contribution in [0.25, 0.3) is 0 Å². The van der Waals surface area contributed by atoms with E-state index in [4.69, 9.17) is 0 Å². The molecule has 1 heteroatoms. The van der Waals surface area contributed by atoms with Crippen molar-refractivity contribution in [2.45, 2.75) is 6.10 Å². The fourth-order valence-corrected chi connectivity index (χ4v) is 1.48. The molecular weight excluding hydrogens is 124 g/mol. The average Bonchev–Trinajstić information content (AvgIpc) is 2.06. The van der Waals surface area contributed by atoms with Crippen molar-refractivity contribution in [1.29, 1.82) is 0 Å². The van der Waals surface area contributed by atoms with E-state index >= 15 is 0 Å². The van der Waals surface area contributed by atoms with Crippen LogP contribution in [0.5, 0.6) is 0 Å². The third kappa shape index (κ3) is 0.745. The summed E-state index contributed by atoms with van der Waals surface area (Å²) < 4.78 is 0. The standard InChI is InChI=1S/C9H10O/c10-9-7-3-1-2-4-8(9)6-5-7/h1-10H/t7-,8+,9?. The summed E-state index contributed by atoms with van der Waals surface area (Å²) >= 11 is 0. The van der Waals surface area contributed by atoms with Crippen molar-refractivity contribution in [3.63, 3.8) is 0 Å². The van der Waals surface area contributed by atoms with Crippen LogP contribution in [0, 0.1) is 11.8 Å². The van der Waals surface area contributed by atoms with Crippen molar-refractivity contribution in [2.24, 2.45) is 11.8 Å². The van der Waals surface area contributed by atoms with Crippen LogP contribution in [0.15, 0.2) is 36.5 Å². The lowest BCUT2D eigenvalue weighted by Gasteiger charge is -2.12. The van der Waals surface area contributed by atoms with Crippen molar-refractivity contribution in [3.8, 4) is 0 Å². The van der Waals surface area contributed by atoms with Crippen LogP contribution >= 0.6 is 0 Å². The Morgan fingerprint density at radius 1 is 0.800 bits per heavy atom. The molecule has 0 radical (unpaired) electrons. The summed E-state index contributed by atoms with van der Waals surface area (Å²) in [5, 5.41) is 9.52. The van der Waals surface area contributed by atoms with Gasteiger partial charge in [0, 0.05) is 11.8 Å². The van der Waals surface area contributed by atoms with Gasteiger partial charge in [-0.15, -0.1) is 0 Å². The van der Waals surface area contributed by atoms with E-state index in [0.717, 1.165) is 0 Å².